The molecule has 2 atom stereocenters. The van der Waals surface area contributed by atoms with Crippen LogP contribution in [0.25, 0.3) is 0 Å². The Morgan fingerprint density at radius 3 is 2.95 bits per heavy atom. The first-order chi connectivity index (χ1) is 9.17. The van der Waals surface area contributed by atoms with Gasteiger partial charge in [0.25, 0.3) is 0 Å². The van der Waals surface area contributed by atoms with Crippen LogP contribution in [-0.2, 0) is 6.54 Å². The maximum Gasteiger partial charge on any atom is 0.0499 e. The van der Waals surface area contributed by atoms with E-state index in [1.807, 2.05) is 11.3 Å². The van der Waals surface area contributed by atoms with Gasteiger partial charge in [0.2, 0.25) is 0 Å². The molecule has 19 heavy (non-hydrogen) atoms. The van der Waals surface area contributed by atoms with E-state index in [2.05, 4.69) is 36.3 Å². The molecule has 1 saturated carbocycles. The first-order valence-corrected chi connectivity index (χ1v) is 8.41. The summed E-state index contributed by atoms with van der Waals surface area (Å²) in [5.41, 5.74) is 0.144. The molecule has 1 N–H and O–H groups in total. The number of aliphatic hydroxyl groups excluding tert-OH is 1. The average Bonchev–Trinajstić information content (AvgIpc) is 2.91. The van der Waals surface area contributed by atoms with E-state index in [1.165, 1.54) is 30.6 Å². The zero-order chi connectivity index (χ0) is 13.7. The third-order valence-electron chi connectivity index (χ3n) is 4.49. The Kier molecular flexibility index (Phi) is 5.43. The van der Waals surface area contributed by atoms with Crippen LogP contribution in [0, 0.1) is 11.3 Å². The zero-order valence-electron chi connectivity index (χ0n) is 12.3. The number of rotatable bonds is 6. The quantitative estimate of drug-likeness (QED) is 0.858. The molecule has 0 amide bonds. The molecule has 108 valence electrons. The second-order valence-electron chi connectivity index (χ2n) is 6.24. The Hall–Kier alpha value is -0.380. The summed E-state index contributed by atoms with van der Waals surface area (Å²) in [5, 5.41) is 12.1. The largest absolute Gasteiger partial charge is 0.396 e. The van der Waals surface area contributed by atoms with Gasteiger partial charge in [0.1, 0.15) is 0 Å². The molecule has 0 saturated heterocycles. The lowest BCUT2D eigenvalue weighted by Crippen LogP contribution is -2.42. The second-order valence-corrected chi connectivity index (χ2v) is 7.27. The van der Waals surface area contributed by atoms with E-state index in [0.29, 0.717) is 6.61 Å². The van der Waals surface area contributed by atoms with Crippen LogP contribution in [0.4, 0.5) is 0 Å². The highest BCUT2D eigenvalue weighted by Crippen LogP contribution is 2.39. The summed E-state index contributed by atoms with van der Waals surface area (Å²) in [5.74, 6) is 0.765. The van der Waals surface area contributed by atoms with Crippen LogP contribution in [0.2, 0.25) is 0 Å². The van der Waals surface area contributed by atoms with Crippen LogP contribution in [0.1, 0.15) is 44.4 Å². The van der Waals surface area contributed by atoms with E-state index < -0.39 is 0 Å². The smallest absolute Gasteiger partial charge is 0.0499 e. The SMILES string of the molecule is CCN(Cc1cccs1)CC1(CO)CCCC(C)C1. The predicted molar refractivity (Wildman–Crippen MR) is 82.4 cm³/mol. The van der Waals surface area contributed by atoms with Crippen molar-refractivity contribution in [3.05, 3.63) is 22.4 Å². The summed E-state index contributed by atoms with van der Waals surface area (Å²) >= 11 is 1.83. The Balaban J connectivity index is 1.98. The van der Waals surface area contributed by atoms with Crippen LogP contribution in [0.3, 0.4) is 0 Å². The maximum atomic E-state index is 9.91. The van der Waals surface area contributed by atoms with Crippen molar-refractivity contribution in [1.29, 1.82) is 0 Å². The van der Waals surface area contributed by atoms with E-state index in [-0.39, 0.29) is 5.41 Å². The number of hydrogen-bond acceptors (Lipinski definition) is 3. The fourth-order valence-corrected chi connectivity index (χ4v) is 4.23. The van der Waals surface area contributed by atoms with E-state index in [9.17, 15) is 5.11 Å². The van der Waals surface area contributed by atoms with E-state index in [1.54, 1.807) is 0 Å². The summed E-state index contributed by atoms with van der Waals surface area (Å²) in [6.45, 7) is 8.04. The first-order valence-electron chi connectivity index (χ1n) is 7.53. The molecule has 0 spiro atoms. The van der Waals surface area contributed by atoms with Crippen molar-refractivity contribution in [2.75, 3.05) is 19.7 Å². The highest BCUT2D eigenvalue weighted by atomic mass is 32.1. The van der Waals surface area contributed by atoms with Crippen molar-refractivity contribution in [3.63, 3.8) is 0 Å². The molecule has 1 aliphatic carbocycles. The molecule has 0 aliphatic heterocycles. The minimum Gasteiger partial charge on any atom is -0.396 e. The van der Waals surface area contributed by atoms with Gasteiger partial charge in [0, 0.05) is 30.0 Å². The van der Waals surface area contributed by atoms with Gasteiger partial charge in [-0.25, -0.2) is 0 Å². The van der Waals surface area contributed by atoms with Gasteiger partial charge in [-0.3, -0.25) is 4.90 Å². The van der Waals surface area contributed by atoms with Crippen LogP contribution < -0.4 is 0 Å². The molecule has 3 heteroatoms. The highest BCUT2D eigenvalue weighted by molar-refractivity contribution is 7.09. The van der Waals surface area contributed by atoms with Gasteiger partial charge in [-0.1, -0.05) is 32.8 Å². The standard InChI is InChI=1S/C16H27NOS/c1-3-17(11-15-7-5-9-19-15)12-16(13-18)8-4-6-14(2)10-16/h5,7,9,14,18H,3-4,6,8,10-13H2,1-2H3. The third-order valence-corrected chi connectivity index (χ3v) is 5.35. The molecule has 1 aromatic rings. The first kappa shape index (κ1) is 15.0. The van der Waals surface area contributed by atoms with Crippen molar-refractivity contribution in [2.45, 2.75) is 46.1 Å². The lowest BCUT2D eigenvalue weighted by molar-refractivity contribution is 0.0233. The predicted octanol–water partition coefficient (Wildman–Crippen LogP) is 3.76. The molecule has 2 unspecified atom stereocenters. The minimum absolute atomic E-state index is 0.144. The monoisotopic (exact) mass is 281 g/mol. The molecule has 2 rings (SSSR count). The van der Waals surface area contributed by atoms with Gasteiger partial charge < -0.3 is 5.11 Å². The summed E-state index contributed by atoms with van der Waals surface area (Å²) in [6, 6.07) is 4.33. The summed E-state index contributed by atoms with van der Waals surface area (Å²) in [4.78, 5) is 3.93. The molecule has 1 fully saturated rings. The van der Waals surface area contributed by atoms with Crippen LogP contribution >= 0.6 is 11.3 Å². The summed E-state index contributed by atoms with van der Waals surface area (Å²) < 4.78 is 0. The Labute approximate surface area is 121 Å². The molecule has 0 aromatic carbocycles. The van der Waals surface area contributed by atoms with Crippen LogP contribution in [0.15, 0.2) is 17.5 Å². The molecular formula is C16H27NOS. The average molecular weight is 281 g/mol. The van der Waals surface area contributed by atoms with Gasteiger partial charge in [0.05, 0.1) is 0 Å². The van der Waals surface area contributed by atoms with E-state index >= 15 is 0 Å². The number of nitrogens with zero attached hydrogens (tertiary/aromatic N) is 1. The lowest BCUT2D eigenvalue weighted by Gasteiger charge is -2.42. The highest BCUT2D eigenvalue weighted by Gasteiger charge is 2.35. The molecular weight excluding hydrogens is 254 g/mol. The van der Waals surface area contributed by atoms with Gasteiger partial charge in [-0.2, -0.15) is 0 Å². The van der Waals surface area contributed by atoms with Crippen LogP contribution in [0.5, 0.6) is 0 Å². The zero-order valence-corrected chi connectivity index (χ0v) is 13.1. The van der Waals surface area contributed by atoms with E-state index in [4.69, 9.17) is 0 Å². The fraction of sp³-hybridized carbons (Fsp3) is 0.750. The molecule has 1 aliphatic rings. The van der Waals surface area contributed by atoms with Crippen molar-refractivity contribution in [3.8, 4) is 0 Å². The van der Waals surface area contributed by atoms with Crippen molar-refractivity contribution < 1.29 is 5.11 Å². The third kappa shape index (κ3) is 4.04. The molecule has 2 nitrogen and oxygen atoms in total. The summed E-state index contributed by atoms with van der Waals surface area (Å²) in [7, 11) is 0. The lowest BCUT2D eigenvalue weighted by atomic mass is 9.70. The number of thiophene rings is 1. The van der Waals surface area contributed by atoms with Crippen LogP contribution in [-0.4, -0.2) is 29.7 Å². The minimum atomic E-state index is 0.144. The Morgan fingerprint density at radius 1 is 1.53 bits per heavy atom. The maximum absolute atomic E-state index is 9.91. The second kappa shape index (κ2) is 6.87. The molecule has 0 radical (unpaired) electrons. The summed E-state index contributed by atoms with van der Waals surface area (Å²) in [6.07, 6.45) is 4.98. The van der Waals surface area contributed by atoms with Crippen molar-refractivity contribution in [2.24, 2.45) is 11.3 Å². The van der Waals surface area contributed by atoms with Gasteiger partial charge in [-0.05, 0) is 36.8 Å². The van der Waals surface area contributed by atoms with Gasteiger partial charge in [-0.15, -0.1) is 11.3 Å². The fourth-order valence-electron chi connectivity index (χ4n) is 3.48. The number of aliphatic hydroxyl groups is 1. The van der Waals surface area contributed by atoms with Gasteiger partial charge >= 0.3 is 0 Å². The molecule has 0 bridgehead atoms. The Morgan fingerprint density at radius 2 is 2.37 bits per heavy atom. The number of hydrogen-bond donors (Lipinski definition) is 1. The molecule has 1 heterocycles. The van der Waals surface area contributed by atoms with Gasteiger partial charge in [0.15, 0.2) is 0 Å². The molecule has 1 aromatic heterocycles. The van der Waals surface area contributed by atoms with Crippen molar-refractivity contribution >= 4 is 11.3 Å². The normalized spacial score (nSPS) is 27.9. The Bertz CT molecular complexity index is 365. The van der Waals surface area contributed by atoms with E-state index in [0.717, 1.165) is 25.6 Å². The topological polar surface area (TPSA) is 23.5 Å². The van der Waals surface area contributed by atoms with Crippen molar-refractivity contribution in [1.82, 2.24) is 4.90 Å².